The van der Waals surface area contributed by atoms with Crippen LogP contribution in [0.15, 0.2) is 23.8 Å². The molecule has 0 aliphatic carbocycles. The molecular weight excluding hydrogens is 200 g/mol. The molecule has 0 radical (unpaired) electrons. The van der Waals surface area contributed by atoms with E-state index in [0.29, 0.717) is 4.88 Å². The fourth-order valence-electron chi connectivity index (χ4n) is 1.28. The van der Waals surface area contributed by atoms with Crippen molar-refractivity contribution < 1.29 is 9.90 Å². The first-order valence-corrected chi connectivity index (χ1v) is 4.86. The van der Waals surface area contributed by atoms with E-state index in [9.17, 15) is 4.79 Å². The van der Waals surface area contributed by atoms with Gasteiger partial charge in [0.15, 0.2) is 5.69 Å². The molecule has 0 atom stereocenters. The van der Waals surface area contributed by atoms with Crippen molar-refractivity contribution >= 4 is 17.3 Å². The van der Waals surface area contributed by atoms with E-state index in [1.165, 1.54) is 11.3 Å². The van der Waals surface area contributed by atoms with Crippen LogP contribution in [0.2, 0.25) is 0 Å². The predicted molar refractivity (Wildman–Crippen MR) is 53.5 cm³/mol. The Kier molecular flexibility index (Phi) is 2.09. The molecule has 14 heavy (non-hydrogen) atoms. The van der Waals surface area contributed by atoms with Gasteiger partial charge in [0.1, 0.15) is 0 Å². The van der Waals surface area contributed by atoms with Gasteiger partial charge < -0.3 is 9.67 Å². The minimum absolute atomic E-state index is 0.122. The Morgan fingerprint density at radius 2 is 2.43 bits per heavy atom. The van der Waals surface area contributed by atoms with Crippen molar-refractivity contribution in [1.29, 1.82) is 0 Å². The normalized spacial score (nSPS) is 10.4. The molecule has 0 fully saturated rings. The van der Waals surface area contributed by atoms with Gasteiger partial charge in [0.2, 0.25) is 0 Å². The summed E-state index contributed by atoms with van der Waals surface area (Å²) >= 11 is 1.34. The molecule has 2 aromatic rings. The predicted octanol–water partition coefficient (Wildman–Crippen LogP) is 1.85. The van der Waals surface area contributed by atoms with E-state index >= 15 is 0 Å². The van der Waals surface area contributed by atoms with Crippen LogP contribution in [0.4, 0.5) is 0 Å². The maximum Gasteiger partial charge on any atom is 0.356 e. The number of aromatic nitrogens is 2. The molecule has 0 aromatic carbocycles. The smallest absolute Gasteiger partial charge is 0.356 e. The second kappa shape index (κ2) is 3.26. The van der Waals surface area contributed by atoms with Crippen molar-refractivity contribution in [2.45, 2.75) is 0 Å². The molecule has 1 N–H and O–H groups in total. The van der Waals surface area contributed by atoms with Gasteiger partial charge in [-0.3, -0.25) is 0 Å². The first-order valence-electron chi connectivity index (χ1n) is 3.98. The molecule has 72 valence electrons. The Bertz CT molecular complexity index is 473. The molecule has 5 heteroatoms. The van der Waals surface area contributed by atoms with E-state index in [1.54, 1.807) is 5.51 Å². The molecular formula is C9H8N2O2S. The van der Waals surface area contributed by atoms with Crippen LogP contribution in [0.1, 0.15) is 10.5 Å². The van der Waals surface area contributed by atoms with Crippen molar-refractivity contribution in [3.8, 4) is 10.6 Å². The van der Waals surface area contributed by atoms with Crippen LogP contribution in [0.25, 0.3) is 10.6 Å². The number of carbonyl (C=O) groups is 1. The molecule has 2 aromatic heterocycles. The highest BCUT2D eigenvalue weighted by molar-refractivity contribution is 7.13. The van der Waals surface area contributed by atoms with Gasteiger partial charge in [-0.05, 0) is 12.1 Å². The van der Waals surface area contributed by atoms with Gasteiger partial charge in [0.25, 0.3) is 0 Å². The minimum atomic E-state index is -0.984. The van der Waals surface area contributed by atoms with Gasteiger partial charge in [-0.2, -0.15) is 0 Å². The third-order valence-corrected chi connectivity index (χ3v) is 2.80. The number of rotatable bonds is 2. The quantitative estimate of drug-likeness (QED) is 0.819. The largest absolute Gasteiger partial charge is 0.476 e. The number of hydrogen-bond acceptors (Lipinski definition) is 3. The lowest BCUT2D eigenvalue weighted by Gasteiger charge is -2.00. The number of carboxylic acid groups (broad SMARTS) is 1. The van der Waals surface area contributed by atoms with Gasteiger partial charge in [-0.25, -0.2) is 9.78 Å². The van der Waals surface area contributed by atoms with Gasteiger partial charge in [-0.1, -0.05) is 0 Å². The summed E-state index contributed by atoms with van der Waals surface area (Å²) in [6, 6.07) is 3.75. The lowest BCUT2D eigenvalue weighted by Crippen LogP contribution is -2.00. The fourth-order valence-corrected chi connectivity index (χ4v) is 2.13. The second-order valence-corrected chi connectivity index (χ2v) is 3.69. The van der Waals surface area contributed by atoms with Crippen molar-refractivity contribution in [3.63, 3.8) is 0 Å². The van der Waals surface area contributed by atoms with E-state index in [4.69, 9.17) is 5.11 Å². The molecule has 0 amide bonds. The minimum Gasteiger partial charge on any atom is -0.476 e. The fraction of sp³-hybridized carbons (Fsp3) is 0.111. The number of aryl methyl sites for hydroxylation is 1. The van der Waals surface area contributed by atoms with Crippen LogP contribution >= 0.6 is 11.3 Å². The average molecular weight is 208 g/mol. The first kappa shape index (κ1) is 8.96. The van der Waals surface area contributed by atoms with Crippen LogP contribution in [-0.4, -0.2) is 20.6 Å². The Hall–Kier alpha value is -1.62. The van der Waals surface area contributed by atoms with Crippen LogP contribution in [0.3, 0.4) is 0 Å². The highest BCUT2D eigenvalue weighted by Gasteiger charge is 2.16. The van der Waals surface area contributed by atoms with Crippen molar-refractivity contribution in [2.24, 2.45) is 7.05 Å². The zero-order valence-corrected chi connectivity index (χ0v) is 8.28. The summed E-state index contributed by atoms with van der Waals surface area (Å²) in [7, 11) is 1.88. The highest BCUT2D eigenvalue weighted by Crippen LogP contribution is 2.27. The van der Waals surface area contributed by atoms with Crippen LogP contribution in [0.5, 0.6) is 0 Å². The zero-order chi connectivity index (χ0) is 10.1. The number of carboxylic acids is 1. The lowest BCUT2D eigenvalue weighted by atomic mass is 10.3. The van der Waals surface area contributed by atoms with Gasteiger partial charge in [0.05, 0.1) is 16.1 Å². The van der Waals surface area contributed by atoms with Crippen molar-refractivity contribution in [3.05, 3.63) is 29.5 Å². The number of thiazole rings is 1. The van der Waals surface area contributed by atoms with Gasteiger partial charge >= 0.3 is 5.97 Å². The summed E-state index contributed by atoms with van der Waals surface area (Å²) in [5.74, 6) is -0.984. The van der Waals surface area contributed by atoms with E-state index in [-0.39, 0.29) is 5.69 Å². The van der Waals surface area contributed by atoms with E-state index in [1.807, 2.05) is 29.9 Å². The van der Waals surface area contributed by atoms with Crippen LogP contribution < -0.4 is 0 Å². The van der Waals surface area contributed by atoms with E-state index in [0.717, 1.165) is 5.69 Å². The molecule has 4 nitrogen and oxygen atoms in total. The Morgan fingerprint density at radius 3 is 3.00 bits per heavy atom. The molecule has 0 spiro atoms. The summed E-state index contributed by atoms with van der Waals surface area (Å²) in [4.78, 5) is 15.3. The summed E-state index contributed by atoms with van der Waals surface area (Å²) in [6.45, 7) is 0. The summed E-state index contributed by atoms with van der Waals surface area (Å²) < 4.78 is 1.87. The third-order valence-electron chi connectivity index (χ3n) is 1.95. The molecule has 0 aliphatic rings. The first-order chi connectivity index (χ1) is 6.70. The second-order valence-electron chi connectivity index (χ2n) is 2.84. The standard InChI is InChI=1S/C9H8N2O2S/c1-11-4-2-3-6(11)8-7(9(12)13)10-5-14-8/h2-5H,1H3,(H,12,13). The highest BCUT2D eigenvalue weighted by atomic mass is 32.1. The molecule has 0 saturated carbocycles. The van der Waals surface area contributed by atoms with Crippen LogP contribution in [0, 0.1) is 0 Å². The Balaban J connectivity index is 2.57. The lowest BCUT2D eigenvalue weighted by molar-refractivity contribution is 0.0692. The van der Waals surface area contributed by atoms with Crippen LogP contribution in [-0.2, 0) is 7.05 Å². The molecule has 0 aliphatic heterocycles. The topological polar surface area (TPSA) is 55.1 Å². The number of hydrogen-bond donors (Lipinski definition) is 1. The average Bonchev–Trinajstić information content (AvgIpc) is 2.70. The number of aromatic carboxylic acids is 1. The maximum atomic E-state index is 10.8. The van der Waals surface area contributed by atoms with Gasteiger partial charge in [-0.15, -0.1) is 11.3 Å². The summed E-state index contributed by atoms with van der Waals surface area (Å²) in [5, 5.41) is 8.88. The molecule has 0 bridgehead atoms. The zero-order valence-electron chi connectivity index (χ0n) is 7.47. The summed E-state index contributed by atoms with van der Waals surface area (Å²) in [6.07, 6.45) is 1.88. The van der Waals surface area contributed by atoms with E-state index < -0.39 is 5.97 Å². The molecule has 2 rings (SSSR count). The maximum absolute atomic E-state index is 10.8. The number of nitrogens with zero attached hydrogens (tertiary/aromatic N) is 2. The Labute approximate surface area is 84.5 Å². The van der Waals surface area contributed by atoms with Crippen molar-refractivity contribution in [2.75, 3.05) is 0 Å². The monoisotopic (exact) mass is 208 g/mol. The third kappa shape index (κ3) is 1.31. The summed E-state index contributed by atoms with van der Waals surface area (Å²) in [5.41, 5.74) is 2.55. The van der Waals surface area contributed by atoms with E-state index in [2.05, 4.69) is 4.98 Å². The van der Waals surface area contributed by atoms with Gasteiger partial charge in [0, 0.05) is 13.2 Å². The molecule has 0 saturated heterocycles. The van der Waals surface area contributed by atoms with Crippen molar-refractivity contribution in [1.82, 2.24) is 9.55 Å². The molecule has 0 unspecified atom stereocenters. The SMILES string of the molecule is Cn1cccc1-c1scnc1C(=O)O. The Morgan fingerprint density at radius 1 is 1.64 bits per heavy atom. The molecule has 2 heterocycles.